The molecule has 0 radical (unpaired) electrons. The van der Waals surface area contributed by atoms with Gasteiger partial charge in [0.25, 0.3) is 0 Å². The molecule has 1 atom stereocenters. The summed E-state index contributed by atoms with van der Waals surface area (Å²) in [4.78, 5) is 1.75. The fraction of sp³-hybridized carbons (Fsp3) is 0.167. The molecule has 1 aromatic carbocycles. The van der Waals surface area contributed by atoms with Crippen LogP contribution in [0.3, 0.4) is 0 Å². The number of rotatable bonds is 2. The van der Waals surface area contributed by atoms with Gasteiger partial charge >= 0.3 is 0 Å². The van der Waals surface area contributed by atoms with Crippen LogP contribution in [0.1, 0.15) is 20.7 Å². The van der Waals surface area contributed by atoms with Crippen LogP contribution in [0.2, 0.25) is 0 Å². The first-order chi connectivity index (χ1) is 8.40. The van der Waals surface area contributed by atoms with E-state index in [0.717, 1.165) is 26.4 Å². The van der Waals surface area contributed by atoms with Crippen LogP contribution in [-0.2, 0) is 0 Å². The Morgan fingerprint density at radius 2 is 1.72 bits per heavy atom. The van der Waals surface area contributed by atoms with Crippen molar-refractivity contribution in [3.8, 4) is 0 Å². The molecule has 96 valence electrons. The van der Waals surface area contributed by atoms with Gasteiger partial charge in [-0.3, -0.25) is 0 Å². The van der Waals surface area contributed by atoms with Gasteiger partial charge in [0.2, 0.25) is 0 Å². The second-order valence-corrected chi connectivity index (χ2v) is 6.29. The summed E-state index contributed by atoms with van der Waals surface area (Å²) in [5.41, 5.74) is 0.196. The summed E-state index contributed by atoms with van der Waals surface area (Å²) in [7, 11) is 0. The molecule has 2 rings (SSSR count). The van der Waals surface area contributed by atoms with Crippen molar-refractivity contribution in [1.82, 2.24) is 0 Å². The first kappa shape index (κ1) is 13.9. The zero-order valence-corrected chi connectivity index (χ0v) is 12.3. The van der Waals surface area contributed by atoms with E-state index in [1.807, 2.05) is 6.92 Å². The average Bonchev–Trinajstić information content (AvgIpc) is 2.65. The van der Waals surface area contributed by atoms with Crippen LogP contribution >= 0.6 is 38.9 Å². The number of alkyl halides is 1. The van der Waals surface area contributed by atoms with Crippen LogP contribution in [0.5, 0.6) is 0 Å². The van der Waals surface area contributed by atoms with Gasteiger partial charge in [0, 0.05) is 14.2 Å². The number of hydrogen-bond donors (Lipinski definition) is 0. The van der Waals surface area contributed by atoms with Crippen LogP contribution in [0, 0.1) is 24.4 Å². The van der Waals surface area contributed by atoms with Gasteiger partial charge in [-0.05, 0) is 46.6 Å². The molecule has 0 saturated carbocycles. The molecule has 0 fully saturated rings. The Morgan fingerprint density at radius 1 is 1.17 bits per heavy atom. The lowest BCUT2D eigenvalue weighted by Crippen LogP contribution is -1.97. The Balaban J connectivity index is 2.42. The molecule has 0 nitrogen and oxygen atoms in total. The maximum atomic E-state index is 13.1. The van der Waals surface area contributed by atoms with Crippen molar-refractivity contribution in [3.05, 3.63) is 55.4 Å². The summed E-state index contributed by atoms with van der Waals surface area (Å²) < 4.78 is 40.0. The molecule has 18 heavy (non-hydrogen) atoms. The van der Waals surface area contributed by atoms with E-state index in [4.69, 9.17) is 11.6 Å². The van der Waals surface area contributed by atoms with Crippen LogP contribution in [0.4, 0.5) is 13.2 Å². The summed E-state index contributed by atoms with van der Waals surface area (Å²) in [6, 6.07) is 3.62. The summed E-state index contributed by atoms with van der Waals surface area (Å²) in [5.74, 6) is -3.95. The zero-order valence-electron chi connectivity index (χ0n) is 9.11. The Labute approximate surface area is 120 Å². The van der Waals surface area contributed by atoms with Gasteiger partial charge in [-0.2, -0.15) is 0 Å². The van der Waals surface area contributed by atoms with Gasteiger partial charge in [-0.15, -0.1) is 22.9 Å². The van der Waals surface area contributed by atoms with Crippen molar-refractivity contribution in [1.29, 1.82) is 0 Å². The largest absolute Gasteiger partial charge is 0.204 e. The Kier molecular flexibility index (Phi) is 4.04. The molecule has 0 N–H and O–H groups in total. The third-order valence-electron chi connectivity index (χ3n) is 2.42. The van der Waals surface area contributed by atoms with Crippen LogP contribution in [0.25, 0.3) is 0 Å². The third kappa shape index (κ3) is 2.58. The van der Waals surface area contributed by atoms with Crippen LogP contribution < -0.4 is 0 Å². The van der Waals surface area contributed by atoms with Crippen molar-refractivity contribution < 1.29 is 13.2 Å². The van der Waals surface area contributed by atoms with Crippen LogP contribution in [0.15, 0.2) is 22.7 Å². The first-order valence-corrected chi connectivity index (χ1v) is 6.99. The molecule has 1 heterocycles. The highest BCUT2D eigenvalue weighted by Gasteiger charge is 2.19. The second-order valence-electron chi connectivity index (χ2n) is 3.71. The minimum absolute atomic E-state index is 0.196. The first-order valence-electron chi connectivity index (χ1n) is 4.94. The highest BCUT2D eigenvalue weighted by atomic mass is 79.9. The molecule has 0 aliphatic heterocycles. The normalized spacial score (nSPS) is 12.8. The Morgan fingerprint density at radius 3 is 2.17 bits per heavy atom. The molecule has 0 spiro atoms. The molecule has 1 aromatic heterocycles. The Bertz CT molecular complexity index is 554. The number of benzene rings is 1. The van der Waals surface area contributed by atoms with E-state index in [0.29, 0.717) is 0 Å². The number of halogens is 5. The number of hydrogen-bond acceptors (Lipinski definition) is 1. The van der Waals surface area contributed by atoms with Crippen LogP contribution in [-0.4, -0.2) is 0 Å². The molecule has 2 aromatic rings. The fourth-order valence-corrected chi connectivity index (χ4v) is 3.38. The van der Waals surface area contributed by atoms with Crippen molar-refractivity contribution in [2.45, 2.75) is 12.3 Å². The summed E-state index contributed by atoms with van der Waals surface area (Å²) in [6.07, 6.45) is 0. The molecule has 0 bridgehead atoms. The van der Waals surface area contributed by atoms with E-state index < -0.39 is 22.8 Å². The third-order valence-corrected chi connectivity index (χ3v) is 5.24. The monoisotopic (exact) mass is 354 g/mol. The SMILES string of the molecule is Cc1sc(C(Cl)c2cc(F)c(F)c(F)c2)cc1Br. The maximum Gasteiger partial charge on any atom is 0.194 e. The number of thiophene rings is 1. The predicted octanol–water partition coefficient (Wildman–Crippen LogP) is 5.56. The van der Waals surface area contributed by atoms with Crippen molar-refractivity contribution in [2.75, 3.05) is 0 Å². The molecular formula is C12H7BrClF3S. The lowest BCUT2D eigenvalue weighted by Gasteiger charge is -2.08. The smallest absolute Gasteiger partial charge is 0.194 e. The zero-order chi connectivity index (χ0) is 13.4. The van der Waals surface area contributed by atoms with E-state index in [9.17, 15) is 13.2 Å². The predicted molar refractivity (Wildman–Crippen MR) is 70.8 cm³/mol. The van der Waals surface area contributed by atoms with Gasteiger partial charge in [0.15, 0.2) is 17.5 Å². The maximum absolute atomic E-state index is 13.1. The molecule has 0 aliphatic rings. The van der Waals surface area contributed by atoms with Crippen molar-refractivity contribution >= 4 is 38.9 Å². The molecule has 0 saturated heterocycles. The standard InChI is InChI=1S/C12H7BrClF3S/c1-5-7(13)4-10(18-5)11(14)6-2-8(15)12(17)9(16)3-6/h2-4,11H,1H3. The van der Waals surface area contributed by atoms with Gasteiger partial charge in [0.05, 0.1) is 5.38 Å². The summed E-state index contributed by atoms with van der Waals surface area (Å²) >= 11 is 10.9. The average molecular weight is 356 g/mol. The minimum atomic E-state index is -1.48. The highest BCUT2D eigenvalue weighted by molar-refractivity contribution is 9.10. The quantitative estimate of drug-likeness (QED) is 0.488. The van der Waals surface area contributed by atoms with E-state index in [-0.39, 0.29) is 5.56 Å². The molecule has 6 heteroatoms. The molecule has 1 unspecified atom stereocenters. The van der Waals surface area contributed by atoms with E-state index in [2.05, 4.69) is 15.9 Å². The molecule has 0 amide bonds. The van der Waals surface area contributed by atoms with Gasteiger partial charge in [0.1, 0.15) is 0 Å². The van der Waals surface area contributed by atoms with Gasteiger partial charge in [-0.25, -0.2) is 13.2 Å². The van der Waals surface area contributed by atoms with Gasteiger partial charge < -0.3 is 0 Å². The topological polar surface area (TPSA) is 0 Å². The Hall–Kier alpha value is -0.520. The fourth-order valence-electron chi connectivity index (χ4n) is 1.49. The van der Waals surface area contributed by atoms with E-state index in [1.54, 1.807) is 6.07 Å². The van der Waals surface area contributed by atoms with E-state index >= 15 is 0 Å². The summed E-state index contributed by atoms with van der Waals surface area (Å²) in [6.45, 7) is 1.90. The van der Waals surface area contributed by atoms with Crippen molar-refractivity contribution in [2.24, 2.45) is 0 Å². The van der Waals surface area contributed by atoms with Gasteiger partial charge in [-0.1, -0.05) is 0 Å². The minimum Gasteiger partial charge on any atom is -0.204 e. The number of aryl methyl sites for hydroxylation is 1. The second kappa shape index (κ2) is 5.23. The molecule has 0 aliphatic carbocycles. The molecular weight excluding hydrogens is 349 g/mol. The lowest BCUT2D eigenvalue weighted by atomic mass is 10.1. The van der Waals surface area contributed by atoms with E-state index in [1.165, 1.54) is 11.3 Å². The lowest BCUT2D eigenvalue weighted by molar-refractivity contribution is 0.445. The summed E-state index contributed by atoms with van der Waals surface area (Å²) in [5, 5.41) is -0.704. The van der Waals surface area contributed by atoms with Crippen molar-refractivity contribution in [3.63, 3.8) is 0 Å². The highest BCUT2D eigenvalue weighted by Crippen LogP contribution is 2.38.